The van der Waals surface area contributed by atoms with Gasteiger partial charge in [-0.25, -0.2) is 9.18 Å². The zero-order valence-electron chi connectivity index (χ0n) is 14.1. The highest BCUT2D eigenvalue weighted by Gasteiger charge is 2.29. The van der Waals surface area contributed by atoms with E-state index < -0.39 is 5.97 Å². The monoisotopic (exact) mass is 351 g/mol. The fraction of sp³-hybridized carbons (Fsp3) is 0.143. The quantitative estimate of drug-likeness (QED) is 0.812. The molecule has 4 nitrogen and oxygen atoms in total. The van der Waals surface area contributed by atoms with Crippen molar-refractivity contribution in [3.8, 4) is 0 Å². The van der Waals surface area contributed by atoms with Gasteiger partial charge in [-0.2, -0.15) is 0 Å². The lowest BCUT2D eigenvalue weighted by Gasteiger charge is -2.07. The van der Waals surface area contributed by atoms with Gasteiger partial charge < -0.3 is 10.1 Å². The average molecular weight is 351 g/mol. The number of nitrogens with one attached hydrogen (secondary N) is 1. The Morgan fingerprint density at radius 3 is 2.46 bits per heavy atom. The van der Waals surface area contributed by atoms with Crippen molar-refractivity contribution in [2.45, 2.75) is 12.8 Å². The Morgan fingerprint density at radius 1 is 1.08 bits per heavy atom. The number of ether oxygens (including phenoxy) is 1. The van der Waals surface area contributed by atoms with Gasteiger partial charge in [0.05, 0.1) is 12.1 Å². The SMILES string of the molecule is C=C1OC(=O)C(CNC(=O)CCc2ccccc2)=C1c1ccc(F)cc1. The van der Waals surface area contributed by atoms with Crippen molar-refractivity contribution in [2.75, 3.05) is 6.54 Å². The van der Waals surface area contributed by atoms with Gasteiger partial charge in [0, 0.05) is 12.0 Å². The summed E-state index contributed by atoms with van der Waals surface area (Å²) in [6.07, 6.45) is 0.937. The van der Waals surface area contributed by atoms with E-state index in [1.165, 1.54) is 12.1 Å². The van der Waals surface area contributed by atoms with Crippen LogP contribution in [0.5, 0.6) is 0 Å². The predicted molar refractivity (Wildman–Crippen MR) is 96.3 cm³/mol. The number of hydrogen-bond acceptors (Lipinski definition) is 3. The zero-order chi connectivity index (χ0) is 18.5. The van der Waals surface area contributed by atoms with Crippen LogP contribution in [-0.4, -0.2) is 18.4 Å². The second kappa shape index (κ2) is 7.78. The number of esters is 1. The Hall–Kier alpha value is -3.21. The number of rotatable bonds is 6. The summed E-state index contributed by atoms with van der Waals surface area (Å²) >= 11 is 0. The first-order valence-electron chi connectivity index (χ1n) is 8.26. The molecule has 1 heterocycles. The van der Waals surface area contributed by atoms with Crippen molar-refractivity contribution in [3.63, 3.8) is 0 Å². The highest BCUT2D eigenvalue weighted by molar-refractivity contribution is 6.07. The number of hydrogen-bond donors (Lipinski definition) is 1. The third kappa shape index (κ3) is 4.06. The molecule has 0 spiro atoms. The molecule has 0 aromatic heterocycles. The molecule has 5 heteroatoms. The van der Waals surface area contributed by atoms with Crippen LogP contribution in [0, 0.1) is 5.82 Å². The Labute approximate surface area is 151 Å². The van der Waals surface area contributed by atoms with Crippen LogP contribution in [0.2, 0.25) is 0 Å². The average Bonchev–Trinajstić information content (AvgIpc) is 2.93. The maximum Gasteiger partial charge on any atom is 0.341 e. The lowest BCUT2D eigenvalue weighted by atomic mass is 10.00. The van der Waals surface area contributed by atoms with Crippen LogP contribution < -0.4 is 5.32 Å². The van der Waals surface area contributed by atoms with Gasteiger partial charge >= 0.3 is 5.97 Å². The van der Waals surface area contributed by atoms with Crippen LogP contribution in [0.1, 0.15) is 17.5 Å². The number of amides is 1. The Morgan fingerprint density at radius 2 is 1.77 bits per heavy atom. The van der Waals surface area contributed by atoms with E-state index in [-0.39, 0.29) is 24.0 Å². The van der Waals surface area contributed by atoms with Crippen molar-refractivity contribution < 1.29 is 18.7 Å². The lowest BCUT2D eigenvalue weighted by Crippen LogP contribution is -2.27. The van der Waals surface area contributed by atoms with Gasteiger partial charge in [0.2, 0.25) is 5.91 Å². The molecule has 2 aromatic rings. The third-order valence-electron chi connectivity index (χ3n) is 4.12. The number of carbonyl (C=O) groups is 2. The van der Waals surface area contributed by atoms with Crippen molar-refractivity contribution in [1.29, 1.82) is 0 Å². The molecule has 1 aliphatic heterocycles. The second-order valence-electron chi connectivity index (χ2n) is 5.94. The van der Waals surface area contributed by atoms with Crippen molar-refractivity contribution in [2.24, 2.45) is 0 Å². The van der Waals surface area contributed by atoms with Gasteiger partial charge in [-0.1, -0.05) is 49.0 Å². The summed E-state index contributed by atoms with van der Waals surface area (Å²) < 4.78 is 18.2. The molecule has 0 unspecified atom stereocenters. The van der Waals surface area contributed by atoms with Gasteiger partial charge in [-0.05, 0) is 29.7 Å². The van der Waals surface area contributed by atoms with Gasteiger partial charge in [-0.15, -0.1) is 0 Å². The molecular weight excluding hydrogens is 333 g/mol. The first-order valence-corrected chi connectivity index (χ1v) is 8.26. The zero-order valence-corrected chi connectivity index (χ0v) is 14.1. The molecule has 0 saturated carbocycles. The van der Waals surface area contributed by atoms with E-state index in [2.05, 4.69) is 11.9 Å². The summed E-state index contributed by atoms with van der Waals surface area (Å²) in [5, 5.41) is 2.74. The summed E-state index contributed by atoms with van der Waals surface area (Å²) in [6, 6.07) is 15.4. The molecule has 26 heavy (non-hydrogen) atoms. The van der Waals surface area contributed by atoms with Crippen LogP contribution in [0.3, 0.4) is 0 Å². The first-order chi connectivity index (χ1) is 12.5. The molecule has 1 N–H and O–H groups in total. The lowest BCUT2D eigenvalue weighted by molar-refractivity contribution is -0.133. The second-order valence-corrected chi connectivity index (χ2v) is 5.94. The standard InChI is InChI=1S/C21H18FNO3/c1-14-20(16-8-10-17(22)11-9-16)18(21(25)26-14)13-23-19(24)12-7-15-5-3-2-4-6-15/h2-6,8-11H,1,7,12-13H2,(H,23,24). The molecule has 2 aromatic carbocycles. The van der Waals surface area contributed by atoms with E-state index in [9.17, 15) is 14.0 Å². The van der Waals surface area contributed by atoms with Gasteiger partial charge in [-0.3, -0.25) is 4.79 Å². The number of cyclic esters (lactones) is 1. The summed E-state index contributed by atoms with van der Waals surface area (Å²) in [6.45, 7) is 3.77. The number of aryl methyl sites for hydroxylation is 1. The molecule has 0 aliphatic carbocycles. The topological polar surface area (TPSA) is 55.4 Å². The third-order valence-corrected chi connectivity index (χ3v) is 4.12. The minimum Gasteiger partial charge on any atom is -0.423 e. The predicted octanol–water partition coefficient (Wildman–Crippen LogP) is 3.40. The van der Waals surface area contributed by atoms with Crippen LogP contribution in [0.15, 0.2) is 72.5 Å². The Bertz CT molecular complexity index is 870. The minimum atomic E-state index is -0.544. The molecule has 0 radical (unpaired) electrons. The molecule has 132 valence electrons. The molecule has 1 aliphatic rings. The summed E-state index contributed by atoms with van der Waals surface area (Å²) in [5.41, 5.74) is 2.51. The summed E-state index contributed by atoms with van der Waals surface area (Å²) in [4.78, 5) is 24.2. The maximum atomic E-state index is 13.1. The van der Waals surface area contributed by atoms with E-state index in [0.29, 0.717) is 29.6 Å². The largest absolute Gasteiger partial charge is 0.423 e. The highest BCUT2D eigenvalue weighted by atomic mass is 19.1. The van der Waals surface area contributed by atoms with Crippen molar-refractivity contribution in [1.82, 2.24) is 5.32 Å². The molecule has 0 fully saturated rings. The number of benzene rings is 2. The van der Waals surface area contributed by atoms with Crippen LogP contribution in [0.4, 0.5) is 4.39 Å². The van der Waals surface area contributed by atoms with Gasteiger partial charge in [0.15, 0.2) is 0 Å². The summed E-state index contributed by atoms with van der Waals surface area (Å²) in [7, 11) is 0. The van der Waals surface area contributed by atoms with E-state index in [4.69, 9.17) is 4.74 Å². The summed E-state index contributed by atoms with van der Waals surface area (Å²) in [5.74, 6) is -0.876. The fourth-order valence-electron chi connectivity index (χ4n) is 2.79. The van der Waals surface area contributed by atoms with E-state index in [1.807, 2.05) is 30.3 Å². The smallest absolute Gasteiger partial charge is 0.341 e. The van der Waals surface area contributed by atoms with Crippen molar-refractivity contribution in [3.05, 3.63) is 89.5 Å². The molecule has 3 rings (SSSR count). The Kier molecular flexibility index (Phi) is 5.27. The maximum absolute atomic E-state index is 13.1. The van der Waals surface area contributed by atoms with Crippen molar-refractivity contribution >= 4 is 17.4 Å². The molecule has 0 saturated heterocycles. The van der Waals surface area contributed by atoms with Crippen LogP contribution in [-0.2, 0) is 20.7 Å². The van der Waals surface area contributed by atoms with E-state index in [1.54, 1.807) is 12.1 Å². The Balaban J connectivity index is 1.67. The molecule has 0 atom stereocenters. The van der Waals surface area contributed by atoms with Crippen LogP contribution in [0.25, 0.3) is 5.57 Å². The molecule has 0 bridgehead atoms. The number of allylic oxidation sites excluding steroid dienone is 1. The number of halogens is 1. The van der Waals surface area contributed by atoms with Gasteiger partial charge in [0.1, 0.15) is 11.6 Å². The molecular formula is C21H18FNO3. The normalized spacial score (nSPS) is 13.7. The van der Waals surface area contributed by atoms with E-state index in [0.717, 1.165) is 5.56 Å². The van der Waals surface area contributed by atoms with E-state index >= 15 is 0 Å². The van der Waals surface area contributed by atoms with Gasteiger partial charge in [0.25, 0.3) is 0 Å². The molecule has 1 amide bonds. The first kappa shape index (κ1) is 17.6. The number of carbonyl (C=O) groups excluding carboxylic acids is 2. The fourth-order valence-corrected chi connectivity index (χ4v) is 2.79. The highest BCUT2D eigenvalue weighted by Crippen LogP contribution is 2.33. The minimum absolute atomic E-state index is 0.0399. The van der Waals surface area contributed by atoms with Crippen LogP contribution >= 0.6 is 0 Å².